The Morgan fingerprint density at radius 2 is 2.10 bits per heavy atom. The zero-order chi connectivity index (χ0) is 14.7. The van der Waals surface area contributed by atoms with Crippen LogP contribution in [0.2, 0.25) is 0 Å². The first-order valence-electron chi connectivity index (χ1n) is 5.96. The van der Waals surface area contributed by atoms with E-state index < -0.39 is 0 Å². The van der Waals surface area contributed by atoms with Gasteiger partial charge < -0.3 is 9.73 Å². The molecule has 2 aromatic rings. The third-order valence-corrected chi connectivity index (χ3v) is 4.54. The number of nitrogens with one attached hydrogen (secondary N) is 1. The molecule has 7 heteroatoms. The second-order valence-electron chi connectivity index (χ2n) is 4.14. The van der Waals surface area contributed by atoms with E-state index in [2.05, 4.69) is 37.2 Å². The lowest BCUT2D eigenvalue weighted by Crippen LogP contribution is -2.00. The molecule has 1 N–H and O–H groups in total. The first kappa shape index (κ1) is 15.1. The SMILES string of the molecule is CCc1ccc(NCc2cc(Br)c(Br)o2)cc1[N+](=O)[O-]. The maximum atomic E-state index is 11.0. The lowest BCUT2D eigenvalue weighted by molar-refractivity contribution is -0.385. The van der Waals surface area contributed by atoms with Crippen LogP contribution in [0, 0.1) is 10.1 Å². The van der Waals surface area contributed by atoms with Gasteiger partial charge in [0, 0.05) is 17.3 Å². The zero-order valence-corrected chi connectivity index (χ0v) is 13.8. The van der Waals surface area contributed by atoms with E-state index in [4.69, 9.17) is 4.42 Å². The summed E-state index contributed by atoms with van der Waals surface area (Å²) in [4.78, 5) is 10.6. The molecule has 0 aliphatic carbocycles. The lowest BCUT2D eigenvalue weighted by atomic mass is 10.1. The monoisotopic (exact) mass is 402 g/mol. The molecule has 0 radical (unpaired) electrons. The molecule has 0 unspecified atom stereocenters. The minimum atomic E-state index is -0.357. The van der Waals surface area contributed by atoms with E-state index in [-0.39, 0.29) is 10.6 Å². The van der Waals surface area contributed by atoms with E-state index in [0.717, 1.165) is 15.8 Å². The number of nitro groups is 1. The van der Waals surface area contributed by atoms with Crippen molar-refractivity contribution < 1.29 is 9.34 Å². The van der Waals surface area contributed by atoms with Gasteiger partial charge in [-0.25, -0.2) is 0 Å². The molecule has 0 spiro atoms. The summed E-state index contributed by atoms with van der Waals surface area (Å²) in [6.45, 7) is 2.35. The minimum Gasteiger partial charge on any atom is -0.451 e. The summed E-state index contributed by atoms with van der Waals surface area (Å²) >= 11 is 6.60. The molecule has 20 heavy (non-hydrogen) atoms. The lowest BCUT2D eigenvalue weighted by Gasteiger charge is -2.06. The number of nitrogens with zero attached hydrogens (tertiary/aromatic N) is 1. The van der Waals surface area contributed by atoms with Crippen LogP contribution in [-0.2, 0) is 13.0 Å². The molecule has 0 atom stereocenters. The number of hydrogen-bond donors (Lipinski definition) is 1. The predicted molar refractivity (Wildman–Crippen MR) is 83.9 cm³/mol. The highest BCUT2D eigenvalue weighted by Gasteiger charge is 2.13. The molecule has 1 aromatic carbocycles. The van der Waals surface area contributed by atoms with Crippen molar-refractivity contribution in [3.63, 3.8) is 0 Å². The summed E-state index contributed by atoms with van der Waals surface area (Å²) in [5.74, 6) is 0.728. The van der Waals surface area contributed by atoms with Crippen LogP contribution in [0.1, 0.15) is 18.2 Å². The molecule has 1 heterocycles. The van der Waals surface area contributed by atoms with Gasteiger partial charge in [0.2, 0.25) is 0 Å². The molecule has 5 nitrogen and oxygen atoms in total. The maximum Gasteiger partial charge on any atom is 0.274 e. The van der Waals surface area contributed by atoms with E-state index in [1.807, 2.05) is 19.1 Å². The Hall–Kier alpha value is -1.34. The van der Waals surface area contributed by atoms with E-state index in [0.29, 0.717) is 23.3 Å². The number of hydrogen-bond acceptors (Lipinski definition) is 4. The van der Waals surface area contributed by atoms with Crippen LogP contribution < -0.4 is 5.32 Å². The van der Waals surface area contributed by atoms with Gasteiger partial charge in [0.05, 0.1) is 15.9 Å². The summed E-state index contributed by atoms with van der Waals surface area (Å²) in [6.07, 6.45) is 0.634. The Morgan fingerprint density at radius 3 is 2.65 bits per heavy atom. The van der Waals surface area contributed by atoms with Gasteiger partial charge in [-0.05, 0) is 50.4 Å². The summed E-state index contributed by atoms with van der Waals surface area (Å²) < 4.78 is 6.89. The summed E-state index contributed by atoms with van der Waals surface area (Å²) in [6, 6.07) is 6.99. The molecule has 2 rings (SSSR count). The van der Waals surface area contributed by atoms with Crippen molar-refractivity contribution >= 4 is 43.2 Å². The average molecular weight is 404 g/mol. The third-order valence-electron chi connectivity index (χ3n) is 2.83. The fourth-order valence-corrected chi connectivity index (χ4v) is 2.47. The summed E-state index contributed by atoms with van der Waals surface area (Å²) in [5, 5.41) is 14.1. The van der Waals surface area contributed by atoms with Crippen molar-refractivity contribution in [2.45, 2.75) is 19.9 Å². The predicted octanol–water partition coefficient (Wildman–Crippen LogP) is 4.89. The van der Waals surface area contributed by atoms with Crippen molar-refractivity contribution in [1.82, 2.24) is 0 Å². The Labute approximate surface area is 132 Å². The van der Waals surface area contributed by atoms with Gasteiger partial charge in [0.15, 0.2) is 4.67 Å². The van der Waals surface area contributed by atoms with Gasteiger partial charge in [-0.1, -0.05) is 13.0 Å². The molecule has 0 aliphatic rings. The molecular weight excluding hydrogens is 392 g/mol. The fraction of sp³-hybridized carbons (Fsp3) is 0.231. The Balaban J connectivity index is 2.13. The first-order chi connectivity index (χ1) is 9.51. The largest absolute Gasteiger partial charge is 0.451 e. The van der Waals surface area contributed by atoms with Gasteiger partial charge in [-0.15, -0.1) is 0 Å². The topological polar surface area (TPSA) is 68.3 Å². The molecule has 0 fully saturated rings. The van der Waals surface area contributed by atoms with Crippen molar-refractivity contribution in [2.24, 2.45) is 0 Å². The number of halogens is 2. The number of benzene rings is 1. The summed E-state index contributed by atoms with van der Waals surface area (Å²) in [7, 11) is 0. The highest BCUT2D eigenvalue weighted by Crippen LogP contribution is 2.28. The summed E-state index contributed by atoms with van der Waals surface area (Å²) in [5.41, 5.74) is 1.56. The third kappa shape index (κ3) is 3.40. The molecule has 1 aromatic heterocycles. The number of anilines is 1. The fourth-order valence-electron chi connectivity index (χ4n) is 1.81. The van der Waals surface area contributed by atoms with E-state index in [9.17, 15) is 10.1 Å². The standard InChI is InChI=1S/C13H12Br2N2O3/c1-2-8-3-4-9(5-12(8)17(18)19)16-7-10-6-11(14)13(15)20-10/h3-6,16H,2,7H2,1H3. The van der Waals surface area contributed by atoms with Gasteiger partial charge >= 0.3 is 0 Å². The second-order valence-corrected chi connectivity index (χ2v) is 5.72. The van der Waals surface area contributed by atoms with Gasteiger partial charge in [-0.3, -0.25) is 10.1 Å². The van der Waals surface area contributed by atoms with Crippen LogP contribution >= 0.6 is 31.9 Å². The molecule has 106 valence electrons. The van der Waals surface area contributed by atoms with Crippen LogP contribution in [0.3, 0.4) is 0 Å². The average Bonchev–Trinajstić information content (AvgIpc) is 2.75. The van der Waals surface area contributed by atoms with Crippen LogP contribution in [0.25, 0.3) is 0 Å². The van der Waals surface area contributed by atoms with E-state index >= 15 is 0 Å². The molecule has 0 saturated carbocycles. The van der Waals surface area contributed by atoms with Gasteiger partial charge in [0.1, 0.15) is 5.76 Å². The maximum absolute atomic E-state index is 11.0. The molecule has 0 aliphatic heterocycles. The van der Waals surface area contributed by atoms with Crippen LogP contribution in [-0.4, -0.2) is 4.92 Å². The second kappa shape index (κ2) is 6.41. The van der Waals surface area contributed by atoms with Crippen molar-refractivity contribution in [2.75, 3.05) is 5.32 Å². The van der Waals surface area contributed by atoms with Crippen LogP contribution in [0.5, 0.6) is 0 Å². The number of furan rings is 1. The minimum absolute atomic E-state index is 0.138. The molecule has 0 bridgehead atoms. The van der Waals surface area contributed by atoms with Crippen molar-refractivity contribution in [1.29, 1.82) is 0 Å². The van der Waals surface area contributed by atoms with Crippen LogP contribution in [0.15, 0.2) is 37.8 Å². The van der Waals surface area contributed by atoms with Crippen molar-refractivity contribution in [3.8, 4) is 0 Å². The smallest absolute Gasteiger partial charge is 0.274 e. The van der Waals surface area contributed by atoms with E-state index in [1.165, 1.54) is 0 Å². The number of nitro benzene ring substituents is 1. The Kier molecular flexibility index (Phi) is 4.82. The first-order valence-corrected chi connectivity index (χ1v) is 7.54. The Bertz CT molecular complexity index is 621. The zero-order valence-electron chi connectivity index (χ0n) is 10.7. The highest BCUT2D eigenvalue weighted by molar-refractivity contribution is 9.13. The quantitative estimate of drug-likeness (QED) is 0.570. The van der Waals surface area contributed by atoms with Gasteiger partial charge in [0.25, 0.3) is 5.69 Å². The van der Waals surface area contributed by atoms with Gasteiger partial charge in [-0.2, -0.15) is 0 Å². The van der Waals surface area contributed by atoms with Crippen molar-refractivity contribution in [3.05, 3.63) is 54.8 Å². The normalized spacial score (nSPS) is 10.6. The molecule has 0 saturated heterocycles. The molecule has 0 amide bonds. The molecular formula is C13H12Br2N2O3. The van der Waals surface area contributed by atoms with Crippen LogP contribution in [0.4, 0.5) is 11.4 Å². The number of aryl methyl sites for hydroxylation is 1. The highest BCUT2D eigenvalue weighted by atomic mass is 79.9. The van der Waals surface area contributed by atoms with E-state index in [1.54, 1.807) is 12.1 Å². The number of rotatable bonds is 5. The Morgan fingerprint density at radius 1 is 1.35 bits per heavy atom.